The van der Waals surface area contributed by atoms with Gasteiger partial charge in [-0.3, -0.25) is 14.4 Å². The van der Waals surface area contributed by atoms with E-state index in [0.29, 0.717) is 22.4 Å². The number of hydrogen-bond donors (Lipinski definition) is 3. The van der Waals surface area contributed by atoms with E-state index in [4.69, 9.17) is 0 Å². The van der Waals surface area contributed by atoms with Gasteiger partial charge in [0.25, 0.3) is 5.91 Å². The molecule has 0 saturated carbocycles. The van der Waals surface area contributed by atoms with E-state index in [-0.39, 0.29) is 5.91 Å². The lowest BCUT2D eigenvalue weighted by Crippen LogP contribution is -2.29. The van der Waals surface area contributed by atoms with Crippen molar-refractivity contribution in [3.05, 3.63) is 68.4 Å². The molecule has 1 amide bonds. The third-order valence-electron chi connectivity index (χ3n) is 3.14. The van der Waals surface area contributed by atoms with Crippen LogP contribution in [0.1, 0.15) is 15.9 Å². The number of carbonyl (C=O) groups excluding carboxylic acids is 1. The zero-order chi connectivity index (χ0) is 15.7. The van der Waals surface area contributed by atoms with Crippen molar-refractivity contribution in [2.45, 2.75) is 6.92 Å². The van der Waals surface area contributed by atoms with Crippen LogP contribution in [0, 0.1) is 6.92 Å². The van der Waals surface area contributed by atoms with Crippen molar-refractivity contribution in [2.24, 2.45) is 0 Å². The standard InChI is InChI=1S/C15H12N4O3/c1-8-2-5-12(16-7-8)19-13(20)9-3-4-10-11(6-9)18-15(22)14(21)17-10/h2-7H,1H3,(H,17,21)(H,18,22)(H,16,19,20). The second-order valence-electron chi connectivity index (χ2n) is 4.84. The lowest BCUT2D eigenvalue weighted by atomic mass is 10.2. The molecule has 3 N–H and O–H groups in total. The van der Waals surface area contributed by atoms with Crippen LogP contribution in [0.3, 0.4) is 0 Å². The number of pyridine rings is 1. The number of H-pyrrole nitrogens is 2. The van der Waals surface area contributed by atoms with Crippen LogP contribution in [-0.2, 0) is 0 Å². The first-order valence-corrected chi connectivity index (χ1v) is 6.53. The molecule has 0 aliphatic rings. The van der Waals surface area contributed by atoms with Gasteiger partial charge in [-0.05, 0) is 36.8 Å². The summed E-state index contributed by atoms with van der Waals surface area (Å²) in [4.78, 5) is 43.7. The van der Waals surface area contributed by atoms with Crippen LogP contribution < -0.4 is 16.4 Å². The molecule has 1 aromatic carbocycles. The molecule has 110 valence electrons. The highest BCUT2D eigenvalue weighted by molar-refractivity contribution is 6.05. The molecule has 0 aliphatic heterocycles. The number of hydrogen-bond acceptors (Lipinski definition) is 4. The Kier molecular flexibility index (Phi) is 3.30. The number of rotatable bonds is 2. The van der Waals surface area contributed by atoms with Crippen LogP contribution in [0.15, 0.2) is 46.1 Å². The average Bonchev–Trinajstić information content (AvgIpc) is 2.50. The van der Waals surface area contributed by atoms with Crippen molar-refractivity contribution in [1.82, 2.24) is 15.0 Å². The zero-order valence-corrected chi connectivity index (χ0v) is 11.6. The lowest BCUT2D eigenvalue weighted by Gasteiger charge is -2.05. The summed E-state index contributed by atoms with van der Waals surface area (Å²) < 4.78 is 0. The van der Waals surface area contributed by atoms with Crippen molar-refractivity contribution >= 4 is 22.8 Å². The van der Waals surface area contributed by atoms with Gasteiger partial charge in [0.2, 0.25) is 0 Å². The Bertz CT molecular complexity index is 970. The second kappa shape index (κ2) is 5.28. The van der Waals surface area contributed by atoms with Gasteiger partial charge >= 0.3 is 11.1 Å². The molecule has 22 heavy (non-hydrogen) atoms. The van der Waals surface area contributed by atoms with E-state index in [1.807, 2.05) is 13.0 Å². The molecule has 3 aromatic rings. The number of nitrogens with zero attached hydrogens (tertiary/aromatic N) is 1. The molecule has 2 heterocycles. The molecular formula is C15H12N4O3. The Morgan fingerprint density at radius 3 is 2.45 bits per heavy atom. The van der Waals surface area contributed by atoms with E-state index in [9.17, 15) is 14.4 Å². The van der Waals surface area contributed by atoms with Crippen LogP contribution in [0.4, 0.5) is 5.82 Å². The SMILES string of the molecule is Cc1ccc(NC(=O)c2ccc3[nH]c(=O)c(=O)[nH]c3c2)nc1. The summed E-state index contributed by atoms with van der Waals surface area (Å²) >= 11 is 0. The molecule has 0 aliphatic carbocycles. The van der Waals surface area contributed by atoms with E-state index in [2.05, 4.69) is 20.3 Å². The van der Waals surface area contributed by atoms with Crippen LogP contribution >= 0.6 is 0 Å². The third kappa shape index (κ3) is 2.64. The van der Waals surface area contributed by atoms with Gasteiger partial charge in [0.15, 0.2) is 0 Å². The first kappa shape index (κ1) is 13.7. The van der Waals surface area contributed by atoms with E-state index in [1.165, 1.54) is 6.07 Å². The maximum absolute atomic E-state index is 12.2. The number of benzene rings is 1. The van der Waals surface area contributed by atoms with Gasteiger partial charge in [-0.15, -0.1) is 0 Å². The minimum absolute atomic E-state index is 0.345. The Labute approximate surface area is 124 Å². The number of fused-ring (bicyclic) bond motifs is 1. The number of aromatic amines is 2. The normalized spacial score (nSPS) is 10.6. The quantitative estimate of drug-likeness (QED) is 0.617. The first-order chi connectivity index (χ1) is 10.5. The third-order valence-corrected chi connectivity index (χ3v) is 3.14. The van der Waals surface area contributed by atoms with E-state index in [1.54, 1.807) is 24.4 Å². The van der Waals surface area contributed by atoms with Crippen LogP contribution in [-0.4, -0.2) is 20.9 Å². The van der Waals surface area contributed by atoms with Gasteiger partial charge < -0.3 is 15.3 Å². The summed E-state index contributed by atoms with van der Waals surface area (Å²) in [6, 6.07) is 8.15. The number of amides is 1. The maximum atomic E-state index is 12.2. The van der Waals surface area contributed by atoms with Crippen molar-refractivity contribution in [2.75, 3.05) is 5.32 Å². The molecule has 0 spiro atoms. The molecule has 0 fully saturated rings. The Morgan fingerprint density at radius 2 is 1.77 bits per heavy atom. The molecule has 0 saturated heterocycles. The first-order valence-electron chi connectivity index (χ1n) is 6.53. The molecule has 0 unspecified atom stereocenters. The van der Waals surface area contributed by atoms with Gasteiger partial charge in [-0.1, -0.05) is 6.07 Å². The van der Waals surface area contributed by atoms with Gasteiger partial charge in [0.1, 0.15) is 5.82 Å². The summed E-state index contributed by atoms with van der Waals surface area (Å²) in [7, 11) is 0. The van der Waals surface area contributed by atoms with Crippen molar-refractivity contribution < 1.29 is 4.79 Å². The highest BCUT2D eigenvalue weighted by Crippen LogP contribution is 2.11. The molecule has 0 radical (unpaired) electrons. The second-order valence-corrected chi connectivity index (χ2v) is 4.84. The highest BCUT2D eigenvalue weighted by Gasteiger charge is 2.09. The van der Waals surface area contributed by atoms with Gasteiger partial charge in [-0.25, -0.2) is 4.98 Å². The highest BCUT2D eigenvalue weighted by atomic mass is 16.2. The van der Waals surface area contributed by atoms with Crippen LogP contribution in [0.5, 0.6) is 0 Å². The summed E-state index contributed by atoms with van der Waals surface area (Å²) in [6.45, 7) is 1.90. The fraction of sp³-hybridized carbons (Fsp3) is 0.0667. The fourth-order valence-corrected chi connectivity index (χ4v) is 1.99. The smallest absolute Gasteiger partial charge is 0.314 e. The Balaban J connectivity index is 1.94. The Morgan fingerprint density at radius 1 is 1.05 bits per heavy atom. The van der Waals surface area contributed by atoms with E-state index in [0.717, 1.165) is 5.56 Å². The molecular weight excluding hydrogens is 284 g/mol. The predicted molar refractivity (Wildman–Crippen MR) is 82.1 cm³/mol. The van der Waals surface area contributed by atoms with E-state index >= 15 is 0 Å². The number of anilines is 1. The monoisotopic (exact) mass is 296 g/mol. The van der Waals surface area contributed by atoms with Crippen molar-refractivity contribution in [1.29, 1.82) is 0 Å². The van der Waals surface area contributed by atoms with Crippen molar-refractivity contribution in [3.63, 3.8) is 0 Å². The summed E-state index contributed by atoms with van der Waals surface area (Å²) in [5, 5.41) is 2.66. The molecule has 3 rings (SSSR count). The minimum atomic E-state index is -0.759. The molecule has 0 bridgehead atoms. The summed E-state index contributed by atoms with van der Waals surface area (Å²) in [6.07, 6.45) is 1.65. The van der Waals surface area contributed by atoms with Gasteiger partial charge in [0, 0.05) is 11.8 Å². The van der Waals surface area contributed by atoms with Crippen molar-refractivity contribution in [3.8, 4) is 0 Å². The fourth-order valence-electron chi connectivity index (χ4n) is 1.99. The maximum Gasteiger partial charge on any atom is 0.314 e. The molecule has 7 nitrogen and oxygen atoms in total. The average molecular weight is 296 g/mol. The van der Waals surface area contributed by atoms with Crippen LogP contribution in [0.25, 0.3) is 11.0 Å². The van der Waals surface area contributed by atoms with Gasteiger partial charge in [-0.2, -0.15) is 0 Å². The number of carbonyl (C=O) groups is 1. The minimum Gasteiger partial charge on any atom is -0.316 e. The zero-order valence-electron chi connectivity index (χ0n) is 11.6. The van der Waals surface area contributed by atoms with Gasteiger partial charge in [0.05, 0.1) is 11.0 Å². The van der Waals surface area contributed by atoms with E-state index < -0.39 is 11.1 Å². The number of nitrogens with one attached hydrogen (secondary N) is 3. The topological polar surface area (TPSA) is 108 Å². The Hall–Kier alpha value is -3.22. The lowest BCUT2D eigenvalue weighted by molar-refractivity contribution is 0.102. The number of aryl methyl sites for hydroxylation is 1. The summed E-state index contributed by atoms with van der Waals surface area (Å²) in [5.41, 5.74) is 0.686. The molecule has 0 atom stereocenters. The molecule has 2 aromatic heterocycles. The number of aromatic nitrogens is 3. The predicted octanol–water partition coefficient (Wildman–Crippen LogP) is 1.17. The molecule has 7 heteroatoms. The largest absolute Gasteiger partial charge is 0.316 e. The van der Waals surface area contributed by atoms with Crippen LogP contribution in [0.2, 0.25) is 0 Å². The summed E-state index contributed by atoms with van der Waals surface area (Å²) in [5.74, 6) is 0.0796.